The van der Waals surface area contributed by atoms with Gasteiger partial charge in [-0.3, -0.25) is 4.98 Å². The summed E-state index contributed by atoms with van der Waals surface area (Å²) >= 11 is 1.60. The number of aryl methyl sites for hydroxylation is 3. The van der Waals surface area contributed by atoms with E-state index in [0.717, 1.165) is 40.8 Å². The van der Waals surface area contributed by atoms with Gasteiger partial charge in [0, 0.05) is 23.5 Å². The Kier molecular flexibility index (Phi) is 2.99. The van der Waals surface area contributed by atoms with Crippen LogP contribution in [-0.2, 0) is 12.8 Å². The molecule has 18 heavy (non-hydrogen) atoms. The highest BCUT2D eigenvalue weighted by Gasteiger charge is 2.17. The van der Waals surface area contributed by atoms with Crippen LogP contribution < -0.4 is 5.32 Å². The first-order valence-electron chi connectivity index (χ1n) is 6.35. The largest absolute Gasteiger partial charge is 0.360 e. The molecule has 0 atom stereocenters. The maximum Gasteiger partial charge on any atom is 0.205 e. The van der Waals surface area contributed by atoms with Gasteiger partial charge in [0.1, 0.15) is 0 Å². The second kappa shape index (κ2) is 4.65. The molecule has 5 heteroatoms. The molecule has 1 aliphatic carbocycles. The Morgan fingerprint density at radius 3 is 3.06 bits per heavy atom. The Morgan fingerprint density at radius 2 is 2.22 bits per heavy atom. The molecular weight excluding hydrogens is 244 g/mol. The van der Waals surface area contributed by atoms with E-state index in [0.29, 0.717) is 0 Å². The predicted octanol–water partition coefficient (Wildman–Crippen LogP) is 2.83. The fourth-order valence-electron chi connectivity index (χ4n) is 2.35. The Bertz CT molecular complexity index is 576. The smallest absolute Gasteiger partial charge is 0.205 e. The van der Waals surface area contributed by atoms with Crippen molar-refractivity contribution >= 4 is 16.5 Å². The predicted molar refractivity (Wildman–Crippen MR) is 74.1 cm³/mol. The number of nitrogens with zero attached hydrogens (tertiary/aromatic N) is 3. The van der Waals surface area contributed by atoms with Gasteiger partial charge in [-0.15, -0.1) is 10.2 Å². The summed E-state index contributed by atoms with van der Waals surface area (Å²) in [5.74, 6) is 0. The summed E-state index contributed by atoms with van der Waals surface area (Å²) in [6.07, 6.45) is 3.49. The van der Waals surface area contributed by atoms with E-state index in [2.05, 4.69) is 35.4 Å². The van der Waals surface area contributed by atoms with Crippen LogP contribution in [-0.4, -0.2) is 21.7 Å². The third-order valence-electron chi connectivity index (χ3n) is 3.22. The fraction of sp³-hybridized carbons (Fsp3) is 0.462. The molecule has 0 unspecified atom stereocenters. The van der Waals surface area contributed by atoms with E-state index >= 15 is 0 Å². The Hall–Kier alpha value is -1.49. The highest BCUT2D eigenvalue weighted by atomic mass is 32.1. The summed E-state index contributed by atoms with van der Waals surface area (Å²) in [6, 6.07) is 2.25. The van der Waals surface area contributed by atoms with Gasteiger partial charge in [-0.2, -0.15) is 0 Å². The van der Waals surface area contributed by atoms with Gasteiger partial charge in [0.15, 0.2) is 5.01 Å². The van der Waals surface area contributed by atoms with Gasteiger partial charge in [-0.25, -0.2) is 0 Å². The third-order valence-corrected chi connectivity index (χ3v) is 4.14. The second-order valence-corrected chi connectivity index (χ2v) is 5.50. The van der Waals surface area contributed by atoms with Crippen molar-refractivity contribution in [3.63, 3.8) is 0 Å². The molecule has 0 radical (unpaired) electrons. The number of hydrogen-bond donors (Lipinski definition) is 1. The Morgan fingerprint density at radius 1 is 1.33 bits per heavy atom. The van der Waals surface area contributed by atoms with Gasteiger partial charge in [-0.1, -0.05) is 11.3 Å². The fourth-order valence-corrected chi connectivity index (χ4v) is 3.23. The minimum atomic E-state index is 0.871. The molecule has 2 heterocycles. The van der Waals surface area contributed by atoms with Crippen molar-refractivity contribution < 1.29 is 0 Å². The quantitative estimate of drug-likeness (QED) is 0.922. The second-order valence-electron chi connectivity index (χ2n) is 4.52. The zero-order valence-corrected chi connectivity index (χ0v) is 11.5. The minimum Gasteiger partial charge on any atom is -0.360 e. The van der Waals surface area contributed by atoms with E-state index in [9.17, 15) is 0 Å². The van der Waals surface area contributed by atoms with E-state index < -0.39 is 0 Å². The van der Waals surface area contributed by atoms with Gasteiger partial charge in [-0.05, 0) is 44.7 Å². The van der Waals surface area contributed by atoms with Crippen LogP contribution in [0.15, 0.2) is 6.07 Å². The maximum absolute atomic E-state index is 4.70. The molecule has 1 N–H and O–H groups in total. The third kappa shape index (κ3) is 1.99. The summed E-state index contributed by atoms with van der Waals surface area (Å²) < 4.78 is 0. The molecular formula is C13H16N4S. The van der Waals surface area contributed by atoms with Crippen molar-refractivity contribution in [1.29, 1.82) is 0 Å². The number of fused-ring (bicyclic) bond motifs is 1. The zero-order valence-electron chi connectivity index (χ0n) is 10.7. The molecule has 0 spiro atoms. The first-order chi connectivity index (χ1) is 8.78. The molecule has 2 aromatic rings. The topological polar surface area (TPSA) is 50.7 Å². The maximum atomic E-state index is 4.70. The molecule has 3 rings (SSSR count). The molecule has 0 saturated carbocycles. The van der Waals surface area contributed by atoms with Crippen LogP contribution in [0.5, 0.6) is 0 Å². The molecule has 4 nitrogen and oxygen atoms in total. The lowest BCUT2D eigenvalue weighted by Gasteiger charge is -2.05. The molecule has 0 amide bonds. The van der Waals surface area contributed by atoms with Gasteiger partial charge in [0.05, 0.1) is 0 Å². The molecule has 0 aromatic carbocycles. The standard InChI is InChI=1S/C13H16N4S/c1-3-14-13-17-16-12(18-13)10-7-9-5-4-6-11(9)15-8(10)2/h7H,3-6H2,1-2H3,(H,14,17). The average molecular weight is 260 g/mol. The van der Waals surface area contributed by atoms with Crippen LogP contribution in [0.1, 0.15) is 30.3 Å². The Balaban J connectivity index is 2.00. The van der Waals surface area contributed by atoms with E-state index in [4.69, 9.17) is 4.98 Å². The van der Waals surface area contributed by atoms with Gasteiger partial charge in [0.25, 0.3) is 0 Å². The average Bonchev–Trinajstić information content (AvgIpc) is 2.96. The summed E-state index contributed by atoms with van der Waals surface area (Å²) in [7, 11) is 0. The zero-order chi connectivity index (χ0) is 12.5. The lowest BCUT2D eigenvalue weighted by molar-refractivity contribution is 0.897. The van der Waals surface area contributed by atoms with Crippen molar-refractivity contribution in [2.75, 3.05) is 11.9 Å². The van der Waals surface area contributed by atoms with Crippen LogP contribution in [0.25, 0.3) is 10.6 Å². The van der Waals surface area contributed by atoms with Crippen molar-refractivity contribution in [3.05, 3.63) is 23.0 Å². The number of nitrogens with one attached hydrogen (secondary N) is 1. The molecule has 0 fully saturated rings. The molecule has 1 aliphatic rings. The lowest BCUT2D eigenvalue weighted by Crippen LogP contribution is -1.94. The van der Waals surface area contributed by atoms with Crippen LogP contribution in [0.4, 0.5) is 5.13 Å². The van der Waals surface area contributed by atoms with E-state index in [1.807, 2.05) is 0 Å². The molecule has 2 aromatic heterocycles. The van der Waals surface area contributed by atoms with Crippen molar-refractivity contribution in [2.45, 2.75) is 33.1 Å². The minimum absolute atomic E-state index is 0.871. The molecule has 0 saturated heterocycles. The highest BCUT2D eigenvalue weighted by Crippen LogP contribution is 2.31. The van der Waals surface area contributed by atoms with Crippen molar-refractivity contribution in [1.82, 2.24) is 15.2 Å². The van der Waals surface area contributed by atoms with Gasteiger partial charge < -0.3 is 5.32 Å². The summed E-state index contributed by atoms with van der Waals surface area (Å²) in [5.41, 5.74) is 4.86. The first kappa shape index (κ1) is 11.6. The first-order valence-corrected chi connectivity index (χ1v) is 7.16. The SMILES string of the molecule is CCNc1nnc(-c2cc3c(nc2C)CCC3)s1. The van der Waals surface area contributed by atoms with Crippen LogP contribution in [0, 0.1) is 6.92 Å². The summed E-state index contributed by atoms with van der Waals surface area (Å²) in [6.45, 7) is 4.99. The van der Waals surface area contributed by atoms with Crippen LogP contribution in [0.3, 0.4) is 0 Å². The van der Waals surface area contributed by atoms with E-state index in [1.165, 1.54) is 17.7 Å². The molecule has 0 bridgehead atoms. The van der Waals surface area contributed by atoms with E-state index in [1.54, 1.807) is 11.3 Å². The normalized spacial score (nSPS) is 13.7. The highest BCUT2D eigenvalue weighted by molar-refractivity contribution is 7.18. The Labute approximate surface area is 110 Å². The summed E-state index contributed by atoms with van der Waals surface area (Å²) in [4.78, 5) is 4.70. The number of hydrogen-bond acceptors (Lipinski definition) is 5. The van der Waals surface area contributed by atoms with Gasteiger partial charge in [0.2, 0.25) is 5.13 Å². The summed E-state index contributed by atoms with van der Waals surface area (Å²) in [5, 5.41) is 13.4. The lowest BCUT2D eigenvalue weighted by atomic mass is 10.1. The van der Waals surface area contributed by atoms with Crippen molar-refractivity contribution in [3.8, 4) is 10.6 Å². The van der Waals surface area contributed by atoms with Gasteiger partial charge >= 0.3 is 0 Å². The monoisotopic (exact) mass is 260 g/mol. The molecule has 0 aliphatic heterocycles. The number of pyridine rings is 1. The molecule has 94 valence electrons. The van der Waals surface area contributed by atoms with Crippen LogP contribution in [0.2, 0.25) is 0 Å². The van der Waals surface area contributed by atoms with Crippen LogP contribution >= 0.6 is 11.3 Å². The van der Waals surface area contributed by atoms with E-state index in [-0.39, 0.29) is 0 Å². The number of rotatable bonds is 3. The van der Waals surface area contributed by atoms with Crippen molar-refractivity contribution in [2.24, 2.45) is 0 Å². The number of anilines is 1. The number of aromatic nitrogens is 3.